The van der Waals surface area contributed by atoms with E-state index in [1.807, 2.05) is 0 Å². The van der Waals surface area contributed by atoms with Crippen LogP contribution in [0.2, 0.25) is 0 Å². The number of fused-ring (bicyclic) bond motifs is 5. The van der Waals surface area contributed by atoms with Gasteiger partial charge < -0.3 is 0 Å². The lowest BCUT2D eigenvalue weighted by molar-refractivity contribution is 1.50. The summed E-state index contributed by atoms with van der Waals surface area (Å²) >= 11 is 0. The van der Waals surface area contributed by atoms with Crippen molar-refractivity contribution in [3.63, 3.8) is 0 Å². The summed E-state index contributed by atoms with van der Waals surface area (Å²) in [6, 6.07) is 60.6. The summed E-state index contributed by atoms with van der Waals surface area (Å²) in [5.74, 6) is 0. The van der Waals surface area contributed by atoms with Gasteiger partial charge in [0, 0.05) is 0 Å². The molecule has 0 heteroatoms. The largest absolute Gasteiger partial charge is 0.0616 e. The van der Waals surface area contributed by atoms with Gasteiger partial charge in [0.1, 0.15) is 0 Å². The molecule has 0 nitrogen and oxygen atoms in total. The Morgan fingerprint density at radius 1 is 0.267 bits per heavy atom. The summed E-state index contributed by atoms with van der Waals surface area (Å²) in [4.78, 5) is 0. The summed E-state index contributed by atoms with van der Waals surface area (Å²) in [6.07, 6.45) is 0. The molecule has 9 rings (SSSR count). The number of aryl methyl sites for hydroxylation is 1. The second-order valence-corrected chi connectivity index (χ2v) is 12.2. The van der Waals surface area contributed by atoms with Crippen molar-refractivity contribution in [1.82, 2.24) is 0 Å². The van der Waals surface area contributed by atoms with E-state index in [4.69, 9.17) is 0 Å². The fourth-order valence-corrected chi connectivity index (χ4v) is 7.22. The van der Waals surface area contributed by atoms with Crippen LogP contribution in [0.5, 0.6) is 0 Å². The zero-order valence-corrected chi connectivity index (χ0v) is 25.1. The SMILES string of the molecule is Cc1ccc2cc(-c3ccc4cc(-c5c6ccccc6c(-c6ccc7ccccc7c6)c6ccccc56)ccc4c3)ccc2c1. The Morgan fingerprint density at radius 2 is 0.600 bits per heavy atom. The maximum Gasteiger partial charge on any atom is -0.00262 e. The van der Waals surface area contributed by atoms with Crippen LogP contribution in [0.25, 0.3) is 87.2 Å². The molecular formula is C45H30. The van der Waals surface area contributed by atoms with Gasteiger partial charge in [-0.15, -0.1) is 0 Å². The van der Waals surface area contributed by atoms with Crippen LogP contribution in [0.3, 0.4) is 0 Å². The molecule has 210 valence electrons. The molecule has 0 aliphatic carbocycles. The van der Waals surface area contributed by atoms with Crippen LogP contribution in [0.15, 0.2) is 164 Å². The van der Waals surface area contributed by atoms with Crippen LogP contribution in [-0.4, -0.2) is 0 Å². The van der Waals surface area contributed by atoms with Crippen molar-refractivity contribution in [3.8, 4) is 33.4 Å². The fourth-order valence-electron chi connectivity index (χ4n) is 7.22. The van der Waals surface area contributed by atoms with Gasteiger partial charge in [0.05, 0.1) is 0 Å². The van der Waals surface area contributed by atoms with Gasteiger partial charge in [-0.3, -0.25) is 0 Å². The van der Waals surface area contributed by atoms with Crippen molar-refractivity contribution >= 4 is 53.9 Å². The molecule has 0 saturated heterocycles. The second-order valence-electron chi connectivity index (χ2n) is 12.2. The van der Waals surface area contributed by atoms with E-state index in [0.29, 0.717) is 0 Å². The molecule has 0 spiro atoms. The Kier molecular flexibility index (Phi) is 5.83. The highest BCUT2D eigenvalue weighted by Gasteiger charge is 2.17. The third-order valence-electron chi connectivity index (χ3n) is 9.43. The maximum absolute atomic E-state index is 2.37. The van der Waals surface area contributed by atoms with E-state index in [2.05, 4.69) is 171 Å². The number of benzene rings is 9. The van der Waals surface area contributed by atoms with E-state index in [9.17, 15) is 0 Å². The first kappa shape index (κ1) is 25.7. The van der Waals surface area contributed by atoms with Gasteiger partial charge in [-0.1, -0.05) is 145 Å². The highest BCUT2D eigenvalue weighted by Crippen LogP contribution is 2.44. The van der Waals surface area contributed by atoms with Crippen molar-refractivity contribution in [3.05, 3.63) is 169 Å². The van der Waals surface area contributed by atoms with Gasteiger partial charge in [-0.25, -0.2) is 0 Å². The summed E-state index contributed by atoms with van der Waals surface area (Å²) in [5.41, 5.74) is 8.87. The zero-order valence-electron chi connectivity index (χ0n) is 25.1. The van der Waals surface area contributed by atoms with Gasteiger partial charge in [0.2, 0.25) is 0 Å². The topological polar surface area (TPSA) is 0 Å². The second kappa shape index (κ2) is 10.2. The first-order valence-corrected chi connectivity index (χ1v) is 15.7. The summed E-state index contributed by atoms with van der Waals surface area (Å²) in [5, 5.41) is 12.7. The highest BCUT2D eigenvalue weighted by atomic mass is 14.2. The van der Waals surface area contributed by atoms with Crippen LogP contribution in [0.4, 0.5) is 0 Å². The Bertz CT molecular complexity index is 2550. The molecule has 0 amide bonds. The van der Waals surface area contributed by atoms with Crippen molar-refractivity contribution in [2.75, 3.05) is 0 Å². The molecule has 0 aliphatic rings. The van der Waals surface area contributed by atoms with E-state index < -0.39 is 0 Å². The lowest BCUT2D eigenvalue weighted by Gasteiger charge is -2.18. The van der Waals surface area contributed by atoms with Gasteiger partial charge in [0.25, 0.3) is 0 Å². The summed E-state index contributed by atoms with van der Waals surface area (Å²) in [6.45, 7) is 2.15. The first-order chi connectivity index (χ1) is 22.2. The van der Waals surface area contributed by atoms with E-state index in [0.717, 1.165) is 0 Å². The molecule has 0 saturated carbocycles. The zero-order chi connectivity index (χ0) is 29.9. The van der Waals surface area contributed by atoms with Crippen LogP contribution in [0, 0.1) is 6.92 Å². The van der Waals surface area contributed by atoms with Crippen LogP contribution >= 0.6 is 0 Å². The summed E-state index contributed by atoms with van der Waals surface area (Å²) < 4.78 is 0. The van der Waals surface area contributed by atoms with Gasteiger partial charge in [-0.05, 0) is 118 Å². The van der Waals surface area contributed by atoms with E-state index in [-0.39, 0.29) is 0 Å². The minimum atomic E-state index is 1.24. The molecule has 9 aromatic rings. The van der Waals surface area contributed by atoms with Crippen molar-refractivity contribution in [2.24, 2.45) is 0 Å². The molecule has 0 aliphatic heterocycles. The predicted octanol–water partition coefficient (Wildman–Crippen LogP) is 12.8. The monoisotopic (exact) mass is 570 g/mol. The molecule has 45 heavy (non-hydrogen) atoms. The quantitative estimate of drug-likeness (QED) is 0.185. The molecule has 0 heterocycles. The van der Waals surface area contributed by atoms with E-state index in [1.165, 1.54) is 92.8 Å². The smallest absolute Gasteiger partial charge is 0.00262 e. The Hall–Kier alpha value is -5.72. The predicted molar refractivity (Wildman–Crippen MR) is 195 cm³/mol. The van der Waals surface area contributed by atoms with Gasteiger partial charge in [0.15, 0.2) is 0 Å². The molecule has 0 fully saturated rings. The highest BCUT2D eigenvalue weighted by molar-refractivity contribution is 6.22. The molecule has 0 aromatic heterocycles. The van der Waals surface area contributed by atoms with Gasteiger partial charge >= 0.3 is 0 Å². The molecule has 0 radical (unpaired) electrons. The Labute approximate surface area is 262 Å². The molecule has 9 aromatic carbocycles. The number of hydrogen-bond donors (Lipinski definition) is 0. The molecule has 0 unspecified atom stereocenters. The minimum Gasteiger partial charge on any atom is -0.0616 e. The number of rotatable bonds is 3. The van der Waals surface area contributed by atoms with Crippen LogP contribution in [-0.2, 0) is 0 Å². The standard InChI is InChI=1S/C45H30/c1-29-14-15-33-25-34(18-17-32(33)24-29)35-19-20-37-28-39(23-21-36(37)26-35)45-42-12-6-4-10-40(42)44(41-11-5-7-13-43(41)45)38-22-16-30-8-2-3-9-31(30)27-38/h2-28H,1H3. The third kappa shape index (κ3) is 4.30. The Balaban J connectivity index is 1.22. The fraction of sp³-hybridized carbons (Fsp3) is 0.0222. The van der Waals surface area contributed by atoms with Gasteiger partial charge in [-0.2, -0.15) is 0 Å². The average molecular weight is 571 g/mol. The molecule has 0 atom stereocenters. The lowest BCUT2D eigenvalue weighted by Crippen LogP contribution is -1.91. The molecule has 0 bridgehead atoms. The maximum atomic E-state index is 2.37. The number of hydrogen-bond acceptors (Lipinski definition) is 0. The average Bonchev–Trinajstić information content (AvgIpc) is 3.09. The van der Waals surface area contributed by atoms with E-state index >= 15 is 0 Å². The van der Waals surface area contributed by atoms with Crippen molar-refractivity contribution < 1.29 is 0 Å². The first-order valence-electron chi connectivity index (χ1n) is 15.7. The van der Waals surface area contributed by atoms with Crippen LogP contribution in [0.1, 0.15) is 5.56 Å². The lowest BCUT2D eigenvalue weighted by atomic mass is 9.85. The van der Waals surface area contributed by atoms with E-state index in [1.54, 1.807) is 0 Å². The minimum absolute atomic E-state index is 1.24. The van der Waals surface area contributed by atoms with Crippen molar-refractivity contribution in [1.29, 1.82) is 0 Å². The third-order valence-corrected chi connectivity index (χ3v) is 9.43. The van der Waals surface area contributed by atoms with Crippen LogP contribution < -0.4 is 0 Å². The molecular weight excluding hydrogens is 540 g/mol. The normalized spacial score (nSPS) is 11.7. The molecule has 0 N–H and O–H groups in total. The van der Waals surface area contributed by atoms with Crippen molar-refractivity contribution in [2.45, 2.75) is 6.92 Å². The Morgan fingerprint density at radius 3 is 1.11 bits per heavy atom. The summed E-state index contributed by atoms with van der Waals surface area (Å²) in [7, 11) is 0.